The van der Waals surface area contributed by atoms with E-state index in [1.54, 1.807) is 0 Å². The zero-order valence-corrected chi connectivity index (χ0v) is 10.2. The Kier molecular flexibility index (Phi) is 1.84. The van der Waals surface area contributed by atoms with Crippen molar-refractivity contribution in [3.63, 3.8) is 0 Å². The Hall–Kier alpha value is -2.22. The van der Waals surface area contributed by atoms with E-state index < -0.39 is 0 Å². The van der Waals surface area contributed by atoms with Gasteiger partial charge in [-0.2, -0.15) is 0 Å². The molecule has 0 aromatic heterocycles. The van der Waals surface area contributed by atoms with Crippen molar-refractivity contribution in [2.24, 2.45) is 0 Å². The van der Waals surface area contributed by atoms with E-state index in [1.165, 1.54) is 28.1 Å². The minimum atomic E-state index is 0.261. The predicted octanol–water partition coefficient (Wildman–Crippen LogP) is 3.43. The van der Waals surface area contributed by atoms with Crippen molar-refractivity contribution < 1.29 is 0 Å². The maximum Gasteiger partial charge on any atom is 0.126 e. The highest BCUT2D eigenvalue weighted by molar-refractivity contribution is 6.00. The van der Waals surface area contributed by atoms with E-state index in [1.807, 2.05) is 0 Å². The number of rotatable bonds is 0. The van der Waals surface area contributed by atoms with E-state index in [4.69, 9.17) is 0 Å². The molecule has 0 radical (unpaired) electrons. The summed E-state index contributed by atoms with van der Waals surface area (Å²) in [7, 11) is 2.15. The molecule has 0 saturated heterocycles. The van der Waals surface area contributed by atoms with Crippen molar-refractivity contribution in [3.05, 3.63) is 59.7 Å². The third-order valence-electron chi connectivity index (χ3n) is 3.84. The van der Waals surface area contributed by atoms with Gasteiger partial charge in [-0.1, -0.05) is 36.4 Å². The molecule has 4 rings (SSSR count). The van der Waals surface area contributed by atoms with Gasteiger partial charge in [-0.3, -0.25) is 0 Å². The number of hydrogen-bond donors (Lipinski definition) is 1. The molecule has 2 heteroatoms. The van der Waals surface area contributed by atoms with Crippen molar-refractivity contribution in [1.29, 1.82) is 0 Å². The summed E-state index contributed by atoms with van der Waals surface area (Å²) in [6.07, 6.45) is 2.57. The summed E-state index contributed by atoms with van der Waals surface area (Å²) < 4.78 is 0. The van der Waals surface area contributed by atoms with E-state index in [2.05, 4.69) is 71.9 Å². The second-order valence-corrected chi connectivity index (χ2v) is 4.86. The Morgan fingerprint density at radius 1 is 1.00 bits per heavy atom. The first kappa shape index (κ1) is 9.77. The molecule has 0 aliphatic carbocycles. The fourth-order valence-electron chi connectivity index (χ4n) is 2.93. The number of benzene rings is 2. The van der Waals surface area contributed by atoms with Crippen LogP contribution in [0.3, 0.4) is 0 Å². The van der Waals surface area contributed by atoms with Crippen LogP contribution in [0.2, 0.25) is 0 Å². The molecule has 0 amide bonds. The van der Waals surface area contributed by atoms with Gasteiger partial charge in [0.25, 0.3) is 0 Å². The highest BCUT2D eigenvalue weighted by Gasteiger charge is 2.32. The molecule has 2 heterocycles. The summed E-state index contributed by atoms with van der Waals surface area (Å²) in [6.45, 7) is 0. The molecule has 0 spiro atoms. The molecular weight excluding hydrogens is 220 g/mol. The molecule has 1 N–H and O–H groups in total. The highest BCUT2D eigenvalue weighted by Crippen LogP contribution is 2.42. The van der Waals surface area contributed by atoms with Gasteiger partial charge in [0.05, 0.1) is 0 Å². The number of likely N-dealkylation sites (N-methyl/N-ethyl adjacent to an activating group) is 1. The topological polar surface area (TPSA) is 15.3 Å². The molecule has 0 bridgehead atoms. The van der Waals surface area contributed by atoms with E-state index in [-0.39, 0.29) is 6.17 Å². The van der Waals surface area contributed by atoms with Crippen LogP contribution in [0.15, 0.2) is 48.5 Å². The second kappa shape index (κ2) is 3.39. The molecule has 18 heavy (non-hydrogen) atoms. The van der Waals surface area contributed by atoms with Crippen LogP contribution in [-0.2, 0) is 0 Å². The van der Waals surface area contributed by atoms with Crippen molar-refractivity contribution in [1.82, 2.24) is 0 Å². The van der Waals surface area contributed by atoms with Gasteiger partial charge in [0.15, 0.2) is 0 Å². The minimum Gasteiger partial charge on any atom is -0.361 e. The lowest BCUT2D eigenvalue weighted by atomic mass is 9.97. The monoisotopic (exact) mass is 234 g/mol. The number of nitrogens with zero attached hydrogens (tertiary/aromatic N) is 1. The highest BCUT2D eigenvalue weighted by atomic mass is 15.3. The lowest BCUT2D eigenvalue weighted by molar-refractivity contribution is 0.866. The smallest absolute Gasteiger partial charge is 0.126 e. The van der Waals surface area contributed by atoms with Crippen molar-refractivity contribution in [3.8, 4) is 0 Å². The number of nitrogens with one attached hydrogen (secondary N) is 1. The molecule has 0 saturated carbocycles. The number of para-hydroxylation sites is 2. The van der Waals surface area contributed by atoms with Gasteiger partial charge >= 0.3 is 0 Å². The Bertz CT molecular complexity index is 658. The van der Waals surface area contributed by atoms with E-state index in [0.29, 0.717) is 0 Å². The van der Waals surface area contributed by atoms with E-state index in [0.717, 1.165) is 0 Å². The summed E-state index contributed by atoms with van der Waals surface area (Å²) in [5, 5.41) is 3.58. The maximum absolute atomic E-state index is 3.58. The molecular formula is C16H14N2. The van der Waals surface area contributed by atoms with Gasteiger partial charge in [-0.05, 0) is 23.8 Å². The third kappa shape index (κ3) is 1.17. The average Bonchev–Trinajstić information content (AvgIpc) is 2.79. The molecule has 0 fully saturated rings. The molecule has 1 atom stereocenters. The summed E-state index contributed by atoms with van der Waals surface area (Å²) in [5.74, 6) is 0. The van der Waals surface area contributed by atoms with Gasteiger partial charge in [0.2, 0.25) is 0 Å². The largest absolute Gasteiger partial charge is 0.361 e. The quantitative estimate of drug-likeness (QED) is 0.751. The van der Waals surface area contributed by atoms with Crippen molar-refractivity contribution in [2.75, 3.05) is 17.3 Å². The van der Waals surface area contributed by atoms with E-state index >= 15 is 0 Å². The molecule has 0 unspecified atom stereocenters. The van der Waals surface area contributed by atoms with Gasteiger partial charge in [-0.25, -0.2) is 0 Å². The normalized spacial score (nSPS) is 19.5. The van der Waals surface area contributed by atoms with Crippen LogP contribution in [0.4, 0.5) is 11.4 Å². The van der Waals surface area contributed by atoms with E-state index in [9.17, 15) is 0 Å². The molecule has 2 aromatic rings. The lowest BCUT2D eigenvalue weighted by Crippen LogP contribution is -2.37. The summed E-state index contributed by atoms with van der Waals surface area (Å²) >= 11 is 0. The van der Waals surface area contributed by atoms with Gasteiger partial charge in [0.1, 0.15) is 6.17 Å². The molecule has 2 aliphatic rings. The maximum atomic E-state index is 3.58. The average molecular weight is 234 g/mol. The van der Waals surface area contributed by atoms with Gasteiger partial charge in [-0.15, -0.1) is 0 Å². The first-order valence-corrected chi connectivity index (χ1v) is 6.24. The molecule has 88 valence electrons. The van der Waals surface area contributed by atoms with Crippen LogP contribution in [0.5, 0.6) is 0 Å². The minimum absolute atomic E-state index is 0.261. The predicted molar refractivity (Wildman–Crippen MR) is 76.6 cm³/mol. The van der Waals surface area contributed by atoms with Crippen molar-refractivity contribution >= 4 is 23.0 Å². The van der Waals surface area contributed by atoms with Crippen molar-refractivity contribution in [2.45, 2.75) is 6.17 Å². The zero-order valence-electron chi connectivity index (χ0n) is 10.2. The standard InChI is InChI=1S/C16H14N2/c1-18-15-9-5-2-6-11(15)10-13-12-7-3-4-8-14(12)17-16(13)18/h2-10,16-17H,1H3/t16-/m1/s1. The molecule has 2 aromatic carbocycles. The Morgan fingerprint density at radius 3 is 2.72 bits per heavy atom. The Morgan fingerprint density at radius 2 is 1.78 bits per heavy atom. The van der Waals surface area contributed by atoms with Crippen LogP contribution >= 0.6 is 0 Å². The first-order chi connectivity index (χ1) is 8.84. The lowest BCUT2D eigenvalue weighted by Gasteiger charge is -2.33. The summed E-state index contributed by atoms with van der Waals surface area (Å²) in [6, 6.07) is 17.1. The van der Waals surface area contributed by atoms with Crippen LogP contribution in [0.1, 0.15) is 11.1 Å². The Balaban J connectivity index is 1.95. The molecule has 2 nitrogen and oxygen atoms in total. The first-order valence-electron chi connectivity index (χ1n) is 6.24. The number of hydrogen-bond acceptors (Lipinski definition) is 2. The Labute approximate surface area is 107 Å². The van der Waals surface area contributed by atoms with Crippen LogP contribution in [0.25, 0.3) is 11.6 Å². The number of fused-ring (bicyclic) bond motifs is 4. The van der Waals surface area contributed by atoms with Gasteiger partial charge < -0.3 is 10.2 Å². The zero-order chi connectivity index (χ0) is 12.1. The fraction of sp³-hybridized carbons (Fsp3) is 0.125. The number of anilines is 2. The van der Waals surface area contributed by atoms with Crippen LogP contribution in [0, 0.1) is 0 Å². The molecule has 2 aliphatic heterocycles. The van der Waals surface area contributed by atoms with Crippen LogP contribution < -0.4 is 10.2 Å². The van der Waals surface area contributed by atoms with Crippen LogP contribution in [-0.4, -0.2) is 13.2 Å². The second-order valence-electron chi connectivity index (χ2n) is 4.86. The fourth-order valence-corrected chi connectivity index (χ4v) is 2.93. The SMILES string of the molecule is CN1c2ccccc2C=C2c3ccccc3N[C@@H]21. The van der Waals surface area contributed by atoms with Gasteiger partial charge in [0, 0.05) is 29.6 Å². The third-order valence-corrected chi connectivity index (χ3v) is 3.84. The summed E-state index contributed by atoms with van der Waals surface area (Å²) in [5.41, 5.74) is 6.50. The summed E-state index contributed by atoms with van der Waals surface area (Å²) in [4.78, 5) is 2.31.